The van der Waals surface area contributed by atoms with E-state index in [9.17, 15) is 9.59 Å². The first-order chi connectivity index (χ1) is 13.0. The molecule has 2 aliphatic rings. The summed E-state index contributed by atoms with van der Waals surface area (Å²) in [6, 6.07) is 9.51. The van der Waals surface area contributed by atoms with Crippen molar-refractivity contribution in [2.24, 2.45) is 17.6 Å². The van der Waals surface area contributed by atoms with Gasteiger partial charge in [0.05, 0.1) is 18.6 Å². The van der Waals surface area contributed by atoms with E-state index in [0.717, 1.165) is 18.6 Å². The summed E-state index contributed by atoms with van der Waals surface area (Å²) in [5.41, 5.74) is 5.62. The Hall–Kier alpha value is -1.79. The maximum absolute atomic E-state index is 12.6. The zero-order valence-corrected chi connectivity index (χ0v) is 17.4. The van der Waals surface area contributed by atoms with Crippen LogP contribution >= 0.6 is 12.4 Å². The molecule has 0 spiro atoms. The zero-order chi connectivity index (χ0) is 19.3. The molecule has 2 amide bonds. The number of para-hydroxylation sites is 1. The molecule has 2 fully saturated rings. The number of benzene rings is 1. The lowest BCUT2D eigenvalue weighted by Gasteiger charge is -2.35. The van der Waals surface area contributed by atoms with Crippen LogP contribution in [0, 0.1) is 11.8 Å². The summed E-state index contributed by atoms with van der Waals surface area (Å²) in [5.74, 6) is 1.44. The lowest BCUT2D eigenvalue weighted by Crippen LogP contribution is -2.55. The van der Waals surface area contributed by atoms with Crippen molar-refractivity contribution in [1.82, 2.24) is 10.2 Å². The van der Waals surface area contributed by atoms with E-state index >= 15 is 0 Å². The van der Waals surface area contributed by atoms with E-state index in [1.165, 1.54) is 0 Å². The summed E-state index contributed by atoms with van der Waals surface area (Å²) < 4.78 is 5.60. The van der Waals surface area contributed by atoms with E-state index in [-0.39, 0.29) is 35.7 Å². The van der Waals surface area contributed by atoms with E-state index in [2.05, 4.69) is 5.32 Å². The third kappa shape index (κ3) is 5.85. The van der Waals surface area contributed by atoms with Gasteiger partial charge in [-0.1, -0.05) is 18.2 Å². The summed E-state index contributed by atoms with van der Waals surface area (Å²) in [5, 5.41) is 3.18. The lowest BCUT2D eigenvalue weighted by molar-refractivity contribution is -0.136. The van der Waals surface area contributed by atoms with Crippen LogP contribution in [0.3, 0.4) is 0 Å². The Bertz CT molecular complexity index is 646. The predicted molar refractivity (Wildman–Crippen MR) is 111 cm³/mol. The smallest absolute Gasteiger partial charge is 0.225 e. The number of carbonyl (C=O) groups is 2. The highest BCUT2D eigenvalue weighted by Crippen LogP contribution is 2.39. The summed E-state index contributed by atoms with van der Waals surface area (Å²) in [6.45, 7) is 4.16. The molecule has 1 atom stereocenters. The van der Waals surface area contributed by atoms with E-state index in [1.807, 2.05) is 42.2 Å². The predicted octanol–water partition coefficient (Wildman–Crippen LogP) is 2.36. The molecule has 3 N–H and O–H groups in total. The summed E-state index contributed by atoms with van der Waals surface area (Å²) >= 11 is 0. The van der Waals surface area contributed by atoms with Gasteiger partial charge >= 0.3 is 0 Å². The quantitative estimate of drug-likeness (QED) is 0.690. The first-order valence-electron chi connectivity index (χ1n) is 9.99. The van der Waals surface area contributed by atoms with Crippen molar-refractivity contribution in [3.05, 3.63) is 30.3 Å². The second-order valence-electron chi connectivity index (χ2n) is 7.95. The number of nitrogens with one attached hydrogen (secondary N) is 1. The molecule has 156 valence electrons. The highest BCUT2D eigenvalue weighted by Gasteiger charge is 2.42. The van der Waals surface area contributed by atoms with Crippen molar-refractivity contribution in [3.8, 4) is 5.75 Å². The van der Waals surface area contributed by atoms with Crippen LogP contribution in [0.2, 0.25) is 0 Å². The number of nitrogens with two attached hydrogens (primary N) is 1. The molecule has 1 aliphatic heterocycles. The van der Waals surface area contributed by atoms with Crippen molar-refractivity contribution in [3.63, 3.8) is 0 Å². The molecule has 28 heavy (non-hydrogen) atoms. The van der Waals surface area contributed by atoms with Gasteiger partial charge in [-0.3, -0.25) is 9.59 Å². The monoisotopic (exact) mass is 409 g/mol. The molecule has 1 unspecified atom stereocenters. The van der Waals surface area contributed by atoms with Crippen LogP contribution in [0.4, 0.5) is 0 Å². The normalized spacial score (nSPS) is 19.3. The molecule has 1 heterocycles. The van der Waals surface area contributed by atoms with Crippen LogP contribution in [0.1, 0.15) is 39.0 Å². The van der Waals surface area contributed by atoms with Crippen molar-refractivity contribution in [1.29, 1.82) is 0 Å². The summed E-state index contributed by atoms with van der Waals surface area (Å²) in [7, 11) is 0. The number of carbonyl (C=O) groups excluding carboxylic acids is 2. The molecule has 1 aliphatic carbocycles. The first kappa shape index (κ1) is 22.5. The number of nitrogens with zero attached hydrogens (tertiary/aromatic N) is 1. The fourth-order valence-electron chi connectivity index (χ4n) is 3.75. The fraction of sp³-hybridized carbons (Fsp3) is 0.619. The standard InChI is InChI=1S/C21H31N3O3.ClH/c1-21(15-22,17-7-8-17)23-20(26)16-9-12-24(13-10-16)19(25)11-14-27-18-5-3-2-4-6-18;/h2-6,16-17H,7-15,22H2,1H3,(H,23,26);1H. The lowest BCUT2D eigenvalue weighted by atomic mass is 9.91. The van der Waals surface area contributed by atoms with Gasteiger partial charge in [0.15, 0.2) is 0 Å². The van der Waals surface area contributed by atoms with Gasteiger partial charge in [0.1, 0.15) is 5.75 Å². The van der Waals surface area contributed by atoms with Crippen LogP contribution in [0.15, 0.2) is 30.3 Å². The number of ether oxygens (including phenoxy) is 1. The van der Waals surface area contributed by atoms with E-state index in [0.29, 0.717) is 51.4 Å². The molecule has 6 nitrogen and oxygen atoms in total. The van der Waals surface area contributed by atoms with Crippen LogP contribution in [-0.4, -0.2) is 48.5 Å². The number of rotatable bonds is 8. The molecule has 0 radical (unpaired) electrons. The Morgan fingerprint density at radius 2 is 1.82 bits per heavy atom. The zero-order valence-electron chi connectivity index (χ0n) is 16.6. The number of hydrogen-bond donors (Lipinski definition) is 2. The topological polar surface area (TPSA) is 84.7 Å². The van der Waals surface area contributed by atoms with Gasteiger partial charge in [-0.15, -0.1) is 12.4 Å². The van der Waals surface area contributed by atoms with Gasteiger partial charge < -0.3 is 20.7 Å². The average molecular weight is 410 g/mol. The third-order valence-electron chi connectivity index (χ3n) is 5.86. The SMILES string of the molecule is CC(CN)(NC(=O)C1CCN(C(=O)CCOc2ccccc2)CC1)C1CC1.Cl. The van der Waals surface area contributed by atoms with Gasteiger partial charge in [0.2, 0.25) is 11.8 Å². The van der Waals surface area contributed by atoms with Crippen LogP contribution in [0.5, 0.6) is 5.75 Å². The molecule has 0 aromatic heterocycles. The molecule has 1 saturated heterocycles. The Kier molecular flexibility index (Phi) is 8.13. The second-order valence-corrected chi connectivity index (χ2v) is 7.95. The van der Waals surface area contributed by atoms with Crippen LogP contribution in [0.25, 0.3) is 0 Å². The number of piperidine rings is 1. The van der Waals surface area contributed by atoms with Crippen molar-refractivity contribution < 1.29 is 14.3 Å². The Morgan fingerprint density at radius 3 is 2.39 bits per heavy atom. The van der Waals surface area contributed by atoms with E-state index in [4.69, 9.17) is 10.5 Å². The maximum Gasteiger partial charge on any atom is 0.225 e. The van der Waals surface area contributed by atoms with Gasteiger partial charge in [-0.05, 0) is 50.7 Å². The number of likely N-dealkylation sites (tertiary alicyclic amines) is 1. The molecule has 7 heteroatoms. The summed E-state index contributed by atoms with van der Waals surface area (Å²) in [4.78, 5) is 26.8. The Morgan fingerprint density at radius 1 is 1.18 bits per heavy atom. The van der Waals surface area contributed by atoms with E-state index in [1.54, 1.807) is 0 Å². The molecule has 3 rings (SSSR count). The van der Waals surface area contributed by atoms with Crippen molar-refractivity contribution in [2.75, 3.05) is 26.2 Å². The minimum atomic E-state index is -0.279. The molecular formula is C21H32ClN3O3. The van der Waals surface area contributed by atoms with Crippen LogP contribution < -0.4 is 15.8 Å². The van der Waals surface area contributed by atoms with Gasteiger partial charge in [0, 0.05) is 25.6 Å². The highest BCUT2D eigenvalue weighted by atomic mass is 35.5. The largest absolute Gasteiger partial charge is 0.493 e. The number of halogens is 1. The molecule has 1 aromatic carbocycles. The van der Waals surface area contributed by atoms with Crippen molar-refractivity contribution in [2.45, 2.75) is 44.6 Å². The number of hydrogen-bond acceptors (Lipinski definition) is 4. The minimum Gasteiger partial charge on any atom is -0.493 e. The average Bonchev–Trinajstić information content (AvgIpc) is 3.54. The van der Waals surface area contributed by atoms with Gasteiger partial charge in [0.25, 0.3) is 0 Å². The molecule has 1 aromatic rings. The Labute approximate surface area is 173 Å². The van der Waals surface area contributed by atoms with Crippen LogP contribution in [-0.2, 0) is 9.59 Å². The summed E-state index contributed by atoms with van der Waals surface area (Å²) in [6.07, 6.45) is 4.07. The van der Waals surface area contributed by atoms with Gasteiger partial charge in [-0.25, -0.2) is 0 Å². The van der Waals surface area contributed by atoms with Crippen molar-refractivity contribution >= 4 is 24.2 Å². The van der Waals surface area contributed by atoms with Gasteiger partial charge in [-0.2, -0.15) is 0 Å². The van der Waals surface area contributed by atoms with E-state index < -0.39 is 0 Å². The number of amides is 2. The molecule has 0 bridgehead atoms. The highest BCUT2D eigenvalue weighted by molar-refractivity contribution is 5.85. The third-order valence-corrected chi connectivity index (χ3v) is 5.86. The fourth-order valence-corrected chi connectivity index (χ4v) is 3.75. The Balaban J connectivity index is 0.00000280. The maximum atomic E-state index is 12.6. The first-order valence-corrected chi connectivity index (χ1v) is 9.99. The molecule has 1 saturated carbocycles. The second kappa shape index (κ2) is 10.1. The molecular weight excluding hydrogens is 378 g/mol. The minimum absolute atomic E-state index is 0.